The van der Waals surface area contributed by atoms with Crippen molar-refractivity contribution in [3.8, 4) is 0 Å². The van der Waals surface area contributed by atoms with E-state index in [2.05, 4.69) is 27.0 Å². The van der Waals surface area contributed by atoms with Crippen molar-refractivity contribution >= 4 is 0 Å². The summed E-state index contributed by atoms with van der Waals surface area (Å²) < 4.78 is 2.09. The molecule has 0 radical (unpaired) electrons. The molecule has 2 rings (SSSR count). The molecule has 0 atom stereocenters. The van der Waals surface area contributed by atoms with E-state index in [9.17, 15) is 0 Å². The van der Waals surface area contributed by atoms with Gasteiger partial charge in [-0.15, -0.1) is 0 Å². The van der Waals surface area contributed by atoms with Crippen LogP contribution in [-0.2, 0) is 6.54 Å². The lowest BCUT2D eigenvalue weighted by Gasteiger charge is -2.13. The standard InChI is InChI=1S/C13H24N4/c1-2-9-14-10-13-15-11-17(16-13)12-7-5-3-4-6-8-12/h11-12,14H,2-10H2,1H3. The zero-order valence-corrected chi connectivity index (χ0v) is 10.9. The molecule has 0 amide bonds. The minimum atomic E-state index is 0.588. The van der Waals surface area contributed by atoms with Gasteiger partial charge in [-0.1, -0.05) is 32.6 Å². The van der Waals surface area contributed by atoms with Crippen LogP contribution in [0.2, 0.25) is 0 Å². The minimum absolute atomic E-state index is 0.588. The van der Waals surface area contributed by atoms with Gasteiger partial charge in [-0.05, 0) is 25.8 Å². The Morgan fingerprint density at radius 3 is 2.76 bits per heavy atom. The molecule has 1 fully saturated rings. The fourth-order valence-corrected chi connectivity index (χ4v) is 2.47. The van der Waals surface area contributed by atoms with Gasteiger partial charge in [0.15, 0.2) is 5.82 Å². The molecule has 0 bridgehead atoms. The van der Waals surface area contributed by atoms with E-state index in [1.807, 2.05) is 6.33 Å². The summed E-state index contributed by atoms with van der Waals surface area (Å²) in [6.45, 7) is 4.01. The Bertz CT molecular complexity index is 313. The first kappa shape index (κ1) is 12.6. The monoisotopic (exact) mass is 236 g/mol. The zero-order valence-electron chi connectivity index (χ0n) is 10.9. The zero-order chi connectivity index (χ0) is 11.9. The first-order valence-corrected chi connectivity index (χ1v) is 7.01. The molecule has 96 valence electrons. The van der Waals surface area contributed by atoms with Gasteiger partial charge >= 0.3 is 0 Å². The summed E-state index contributed by atoms with van der Waals surface area (Å²) in [5, 5.41) is 7.93. The Hall–Kier alpha value is -0.900. The molecular formula is C13H24N4. The Labute approximate surface area is 104 Å². The van der Waals surface area contributed by atoms with E-state index >= 15 is 0 Å². The van der Waals surface area contributed by atoms with Gasteiger partial charge in [-0.3, -0.25) is 0 Å². The van der Waals surface area contributed by atoms with Crippen molar-refractivity contribution in [1.29, 1.82) is 0 Å². The van der Waals surface area contributed by atoms with Crippen LogP contribution < -0.4 is 5.32 Å². The van der Waals surface area contributed by atoms with Crippen LogP contribution in [0.1, 0.15) is 63.7 Å². The Kier molecular flexibility index (Phi) is 4.98. The maximum atomic E-state index is 4.59. The second-order valence-corrected chi connectivity index (χ2v) is 4.96. The minimum Gasteiger partial charge on any atom is -0.310 e. The highest BCUT2D eigenvalue weighted by Crippen LogP contribution is 2.26. The van der Waals surface area contributed by atoms with E-state index in [-0.39, 0.29) is 0 Å². The summed E-state index contributed by atoms with van der Waals surface area (Å²) >= 11 is 0. The molecule has 4 heteroatoms. The fourth-order valence-electron chi connectivity index (χ4n) is 2.47. The van der Waals surface area contributed by atoms with E-state index in [1.54, 1.807) is 0 Å². The summed E-state index contributed by atoms with van der Waals surface area (Å²) in [5.74, 6) is 0.933. The van der Waals surface area contributed by atoms with Crippen molar-refractivity contribution in [3.63, 3.8) is 0 Å². The lowest BCUT2D eigenvalue weighted by Crippen LogP contribution is -2.15. The Morgan fingerprint density at radius 2 is 2.06 bits per heavy atom. The first-order valence-electron chi connectivity index (χ1n) is 7.01. The topological polar surface area (TPSA) is 42.7 Å². The SMILES string of the molecule is CCCNCc1ncn(C2CCCCCC2)n1. The summed E-state index contributed by atoms with van der Waals surface area (Å²) in [5.41, 5.74) is 0. The van der Waals surface area contributed by atoms with Crippen LogP contribution in [-0.4, -0.2) is 21.3 Å². The molecule has 1 aromatic rings. The lowest BCUT2D eigenvalue weighted by atomic mass is 10.1. The smallest absolute Gasteiger partial charge is 0.164 e. The van der Waals surface area contributed by atoms with Crippen molar-refractivity contribution in [1.82, 2.24) is 20.1 Å². The van der Waals surface area contributed by atoms with Crippen molar-refractivity contribution < 1.29 is 0 Å². The van der Waals surface area contributed by atoms with E-state index < -0.39 is 0 Å². The Morgan fingerprint density at radius 1 is 1.29 bits per heavy atom. The van der Waals surface area contributed by atoms with Crippen LogP contribution >= 0.6 is 0 Å². The van der Waals surface area contributed by atoms with Crippen LogP contribution in [0.3, 0.4) is 0 Å². The predicted molar refractivity (Wildman–Crippen MR) is 68.8 cm³/mol. The molecule has 1 N–H and O–H groups in total. The number of nitrogens with zero attached hydrogens (tertiary/aromatic N) is 3. The largest absolute Gasteiger partial charge is 0.310 e. The molecule has 17 heavy (non-hydrogen) atoms. The van der Waals surface area contributed by atoms with Crippen molar-refractivity contribution in [2.24, 2.45) is 0 Å². The molecule has 0 aromatic carbocycles. The van der Waals surface area contributed by atoms with E-state index in [1.165, 1.54) is 38.5 Å². The van der Waals surface area contributed by atoms with Crippen LogP contribution in [0.5, 0.6) is 0 Å². The third-order valence-electron chi connectivity index (χ3n) is 3.46. The second-order valence-electron chi connectivity index (χ2n) is 4.96. The summed E-state index contributed by atoms with van der Waals surface area (Å²) in [6.07, 6.45) is 11.1. The molecule has 1 aliphatic carbocycles. The molecule has 1 heterocycles. The van der Waals surface area contributed by atoms with Crippen LogP contribution in [0.25, 0.3) is 0 Å². The first-order chi connectivity index (χ1) is 8.40. The van der Waals surface area contributed by atoms with Crippen molar-refractivity contribution in [3.05, 3.63) is 12.2 Å². The number of rotatable bonds is 5. The predicted octanol–water partition coefficient (Wildman–Crippen LogP) is 2.67. The quantitative estimate of drug-likeness (QED) is 0.631. The van der Waals surface area contributed by atoms with Gasteiger partial charge in [0.1, 0.15) is 6.33 Å². The van der Waals surface area contributed by atoms with Gasteiger partial charge in [0.05, 0.1) is 12.6 Å². The van der Waals surface area contributed by atoms with E-state index in [0.717, 1.165) is 25.3 Å². The third-order valence-corrected chi connectivity index (χ3v) is 3.46. The molecule has 0 aliphatic heterocycles. The van der Waals surface area contributed by atoms with Crippen LogP contribution in [0.4, 0.5) is 0 Å². The maximum absolute atomic E-state index is 4.59. The van der Waals surface area contributed by atoms with Gasteiger partial charge in [0.25, 0.3) is 0 Å². The molecule has 0 spiro atoms. The highest BCUT2D eigenvalue weighted by Gasteiger charge is 2.15. The average molecular weight is 236 g/mol. The van der Waals surface area contributed by atoms with Crippen molar-refractivity contribution in [2.45, 2.75) is 64.5 Å². The molecule has 1 aliphatic rings. The van der Waals surface area contributed by atoms with Gasteiger partial charge < -0.3 is 5.32 Å². The van der Waals surface area contributed by atoms with Crippen LogP contribution in [0, 0.1) is 0 Å². The summed E-state index contributed by atoms with van der Waals surface area (Å²) in [4.78, 5) is 4.38. The number of nitrogens with one attached hydrogen (secondary N) is 1. The molecule has 0 saturated heterocycles. The number of hydrogen-bond acceptors (Lipinski definition) is 3. The highest BCUT2D eigenvalue weighted by molar-refractivity contribution is 4.83. The highest BCUT2D eigenvalue weighted by atomic mass is 15.3. The number of hydrogen-bond donors (Lipinski definition) is 1. The maximum Gasteiger partial charge on any atom is 0.164 e. The van der Waals surface area contributed by atoms with E-state index in [4.69, 9.17) is 0 Å². The summed E-state index contributed by atoms with van der Waals surface area (Å²) in [7, 11) is 0. The second kappa shape index (κ2) is 6.74. The lowest BCUT2D eigenvalue weighted by molar-refractivity contribution is 0.401. The molecular weight excluding hydrogens is 212 g/mol. The average Bonchev–Trinajstić information content (AvgIpc) is 2.64. The molecule has 0 unspecified atom stereocenters. The normalized spacial score (nSPS) is 18.2. The number of aromatic nitrogens is 3. The molecule has 1 aromatic heterocycles. The van der Waals surface area contributed by atoms with Crippen LogP contribution in [0.15, 0.2) is 6.33 Å². The summed E-state index contributed by atoms with van der Waals surface area (Å²) in [6, 6.07) is 0.588. The third kappa shape index (κ3) is 3.80. The van der Waals surface area contributed by atoms with E-state index in [0.29, 0.717) is 6.04 Å². The van der Waals surface area contributed by atoms with Crippen molar-refractivity contribution in [2.75, 3.05) is 6.54 Å². The van der Waals surface area contributed by atoms with Gasteiger partial charge in [0, 0.05) is 0 Å². The van der Waals surface area contributed by atoms with Gasteiger partial charge in [0.2, 0.25) is 0 Å². The van der Waals surface area contributed by atoms with Gasteiger partial charge in [-0.2, -0.15) is 5.10 Å². The fraction of sp³-hybridized carbons (Fsp3) is 0.846. The van der Waals surface area contributed by atoms with Gasteiger partial charge in [-0.25, -0.2) is 9.67 Å². The Balaban J connectivity index is 1.87. The molecule has 4 nitrogen and oxygen atoms in total. The molecule has 1 saturated carbocycles.